The second-order valence-electron chi connectivity index (χ2n) is 8.72. The molecule has 2 heterocycles. The number of aromatic nitrogens is 6. The van der Waals surface area contributed by atoms with Gasteiger partial charge < -0.3 is 9.30 Å². The van der Waals surface area contributed by atoms with Gasteiger partial charge in [-0.15, -0.1) is 10.2 Å². The Balaban J connectivity index is 1.60. The van der Waals surface area contributed by atoms with Crippen molar-refractivity contribution in [3.8, 4) is 22.5 Å². The number of nitrogens with one attached hydrogen (secondary N) is 2. The highest BCUT2D eigenvalue weighted by Gasteiger charge is 2.18. The lowest BCUT2D eigenvalue weighted by Crippen LogP contribution is -2.14. The monoisotopic (exact) mass is 495 g/mol. The standard InChI is InChI=1S/C28H29N7O2/c1-3-5-14-25-29-23-12-9-13-24(30-28(36)37-4-2)26(23)35(25)18-19-15-16-21(20-10-7-6-8-11-20)22(17-19)27-31-33-34-32-27/h6-13,15-17H,3-5,14,18H2,1-2H3,(H,30,36)(H,31,32,33,34). The maximum Gasteiger partial charge on any atom is 0.411 e. The summed E-state index contributed by atoms with van der Waals surface area (Å²) in [6.45, 7) is 4.82. The number of carbonyl (C=O) groups excluding carboxylic acids is 1. The number of imidazole rings is 1. The number of fused-ring (bicyclic) bond motifs is 1. The van der Waals surface area contributed by atoms with E-state index in [2.05, 4.69) is 67.8 Å². The second kappa shape index (κ2) is 11.0. The Bertz CT molecular complexity index is 1490. The molecule has 0 spiro atoms. The molecule has 3 aromatic carbocycles. The zero-order chi connectivity index (χ0) is 25.6. The number of H-pyrrole nitrogens is 1. The minimum absolute atomic E-state index is 0.301. The van der Waals surface area contributed by atoms with Crippen LogP contribution in [0.5, 0.6) is 0 Å². The summed E-state index contributed by atoms with van der Waals surface area (Å²) >= 11 is 0. The van der Waals surface area contributed by atoms with Crippen LogP contribution < -0.4 is 5.32 Å². The molecule has 2 aromatic heterocycles. The molecule has 1 amide bonds. The van der Waals surface area contributed by atoms with Crippen molar-refractivity contribution in [2.75, 3.05) is 11.9 Å². The zero-order valence-corrected chi connectivity index (χ0v) is 20.9. The number of benzene rings is 3. The Morgan fingerprint density at radius 1 is 1.03 bits per heavy atom. The van der Waals surface area contributed by atoms with E-state index in [1.807, 2.05) is 36.4 Å². The minimum Gasteiger partial charge on any atom is -0.450 e. The van der Waals surface area contributed by atoms with Gasteiger partial charge in [0.25, 0.3) is 0 Å². The van der Waals surface area contributed by atoms with Crippen LogP contribution in [0.4, 0.5) is 10.5 Å². The lowest BCUT2D eigenvalue weighted by molar-refractivity contribution is 0.168. The average Bonchev–Trinajstić information content (AvgIpc) is 3.57. The van der Waals surface area contributed by atoms with Gasteiger partial charge in [-0.2, -0.15) is 5.21 Å². The van der Waals surface area contributed by atoms with Gasteiger partial charge in [-0.1, -0.05) is 61.9 Å². The highest BCUT2D eigenvalue weighted by molar-refractivity contribution is 5.97. The highest BCUT2D eigenvalue weighted by atomic mass is 16.5. The molecule has 0 bridgehead atoms. The van der Waals surface area contributed by atoms with Crippen molar-refractivity contribution < 1.29 is 9.53 Å². The molecule has 9 nitrogen and oxygen atoms in total. The fourth-order valence-corrected chi connectivity index (χ4v) is 4.51. The van der Waals surface area contributed by atoms with E-state index >= 15 is 0 Å². The van der Waals surface area contributed by atoms with Crippen molar-refractivity contribution in [2.24, 2.45) is 0 Å². The van der Waals surface area contributed by atoms with Crippen LogP contribution in [0.1, 0.15) is 38.1 Å². The first kappa shape index (κ1) is 24.2. The molecular weight excluding hydrogens is 466 g/mol. The number of nitrogens with zero attached hydrogens (tertiary/aromatic N) is 5. The molecule has 0 aliphatic rings. The number of aromatic amines is 1. The Morgan fingerprint density at radius 2 is 1.89 bits per heavy atom. The summed E-state index contributed by atoms with van der Waals surface area (Å²) in [5.74, 6) is 1.51. The SMILES string of the molecule is CCCCc1nc2cccc(NC(=O)OCC)c2n1Cc1ccc(-c2ccccc2)c(-c2nn[nH]n2)c1. The summed E-state index contributed by atoms with van der Waals surface area (Å²) in [6, 6.07) is 22.2. The quantitative estimate of drug-likeness (QED) is 0.266. The lowest BCUT2D eigenvalue weighted by Gasteiger charge is -2.15. The van der Waals surface area contributed by atoms with Gasteiger partial charge in [0.2, 0.25) is 5.82 Å². The fourth-order valence-electron chi connectivity index (χ4n) is 4.51. The number of ether oxygens (including phenoxy) is 1. The molecule has 0 unspecified atom stereocenters. The number of amides is 1. The first-order valence-corrected chi connectivity index (χ1v) is 12.5. The van der Waals surface area contributed by atoms with E-state index < -0.39 is 6.09 Å². The van der Waals surface area contributed by atoms with Crippen LogP contribution >= 0.6 is 0 Å². The average molecular weight is 496 g/mol. The zero-order valence-electron chi connectivity index (χ0n) is 20.9. The molecule has 0 atom stereocenters. The number of rotatable bonds is 9. The van der Waals surface area contributed by atoms with Crippen LogP contribution in [-0.4, -0.2) is 42.9 Å². The van der Waals surface area contributed by atoms with Gasteiger partial charge in [0.05, 0.1) is 23.3 Å². The third-order valence-electron chi connectivity index (χ3n) is 6.21. The number of hydrogen-bond donors (Lipinski definition) is 2. The van der Waals surface area contributed by atoms with Gasteiger partial charge in [0, 0.05) is 18.5 Å². The van der Waals surface area contributed by atoms with Crippen molar-refractivity contribution in [1.82, 2.24) is 30.2 Å². The van der Waals surface area contributed by atoms with Crippen LogP contribution in [0.15, 0.2) is 66.7 Å². The molecule has 188 valence electrons. The van der Waals surface area contributed by atoms with Crippen molar-refractivity contribution >= 4 is 22.8 Å². The number of aryl methyl sites for hydroxylation is 1. The first-order chi connectivity index (χ1) is 18.2. The maximum absolute atomic E-state index is 12.3. The maximum atomic E-state index is 12.3. The molecular formula is C28H29N7O2. The topological polar surface area (TPSA) is 111 Å². The van der Waals surface area contributed by atoms with E-state index in [1.165, 1.54) is 0 Å². The van der Waals surface area contributed by atoms with Crippen molar-refractivity contribution in [2.45, 2.75) is 39.7 Å². The van der Waals surface area contributed by atoms with Gasteiger partial charge in [-0.3, -0.25) is 5.32 Å². The molecule has 0 radical (unpaired) electrons. The molecule has 5 rings (SSSR count). The van der Waals surface area contributed by atoms with Crippen LogP contribution in [0.25, 0.3) is 33.5 Å². The fraction of sp³-hybridized carbons (Fsp3) is 0.250. The largest absolute Gasteiger partial charge is 0.450 e. The smallest absolute Gasteiger partial charge is 0.411 e. The molecule has 5 aromatic rings. The number of tetrazole rings is 1. The molecule has 0 aliphatic carbocycles. The van der Waals surface area contributed by atoms with Gasteiger partial charge in [0.15, 0.2) is 0 Å². The Hall–Kier alpha value is -4.53. The highest BCUT2D eigenvalue weighted by Crippen LogP contribution is 2.32. The summed E-state index contributed by atoms with van der Waals surface area (Å²) in [6.07, 6.45) is 2.43. The molecule has 2 N–H and O–H groups in total. The van der Waals surface area contributed by atoms with Gasteiger partial charge in [-0.25, -0.2) is 9.78 Å². The van der Waals surface area contributed by atoms with Crippen LogP contribution in [0.2, 0.25) is 0 Å². The molecule has 9 heteroatoms. The summed E-state index contributed by atoms with van der Waals surface area (Å²) in [5, 5.41) is 17.7. The normalized spacial score (nSPS) is 11.1. The minimum atomic E-state index is -0.482. The van der Waals surface area contributed by atoms with E-state index in [0.717, 1.165) is 58.4 Å². The van der Waals surface area contributed by atoms with Crippen LogP contribution in [0, 0.1) is 0 Å². The van der Waals surface area contributed by atoms with Crippen LogP contribution in [0.3, 0.4) is 0 Å². The van der Waals surface area contributed by atoms with Crippen molar-refractivity contribution in [3.05, 3.63) is 78.1 Å². The summed E-state index contributed by atoms with van der Waals surface area (Å²) in [4.78, 5) is 17.2. The molecule has 0 fully saturated rings. The lowest BCUT2D eigenvalue weighted by atomic mass is 9.97. The Morgan fingerprint density at radius 3 is 2.65 bits per heavy atom. The molecule has 0 aliphatic heterocycles. The number of hydrogen-bond acceptors (Lipinski definition) is 6. The summed E-state index contributed by atoms with van der Waals surface area (Å²) < 4.78 is 7.32. The van der Waals surface area contributed by atoms with E-state index in [1.54, 1.807) is 6.92 Å². The van der Waals surface area contributed by atoms with Gasteiger partial charge >= 0.3 is 6.09 Å². The number of unbranched alkanes of at least 4 members (excludes halogenated alkanes) is 1. The second-order valence-corrected chi connectivity index (χ2v) is 8.72. The van der Waals surface area contributed by atoms with Crippen LogP contribution in [-0.2, 0) is 17.7 Å². The molecule has 37 heavy (non-hydrogen) atoms. The van der Waals surface area contributed by atoms with Gasteiger partial charge in [-0.05, 0) is 53.4 Å². The Kier molecular flexibility index (Phi) is 7.21. The number of carbonyl (C=O) groups is 1. The summed E-state index contributed by atoms with van der Waals surface area (Å²) in [5.41, 5.74) is 6.42. The van der Waals surface area contributed by atoms with E-state index in [4.69, 9.17) is 9.72 Å². The van der Waals surface area contributed by atoms with Gasteiger partial charge in [0.1, 0.15) is 5.82 Å². The first-order valence-electron chi connectivity index (χ1n) is 12.5. The van der Waals surface area contributed by atoms with E-state index in [9.17, 15) is 4.79 Å². The van der Waals surface area contributed by atoms with E-state index in [-0.39, 0.29) is 0 Å². The molecule has 0 saturated carbocycles. The predicted molar refractivity (Wildman–Crippen MR) is 143 cm³/mol. The number of para-hydroxylation sites is 1. The van der Waals surface area contributed by atoms with E-state index in [0.29, 0.717) is 24.7 Å². The Labute approximate surface area is 214 Å². The van der Waals surface area contributed by atoms with Crippen molar-refractivity contribution in [3.63, 3.8) is 0 Å². The third kappa shape index (κ3) is 5.20. The number of anilines is 1. The molecule has 0 saturated heterocycles. The van der Waals surface area contributed by atoms with Crippen molar-refractivity contribution in [1.29, 1.82) is 0 Å². The third-order valence-corrected chi connectivity index (χ3v) is 6.21. The summed E-state index contributed by atoms with van der Waals surface area (Å²) in [7, 11) is 0. The predicted octanol–water partition coefficient (Wildman–Crippen LogP) is 5.84.